The second kappa shape index (κ2) is 7.02. The Morgan fingerprint density at radius 3 is 2.43 bits per heavy atom. The summed E-state index contributed by atoms with van der Waals surface area (Å²) in [5.74, 6) is 1.24. The fourth-order valence-electron chi connectivity index (χ4n) is 2.23. The first-order valence-corrected chi connectivity index (χ1v) is 7.40. The maximum absolute atomic E-state index is 5.93. The molecule has 1 atom stereocenters. The standard InChI is InChI=1S/C18H24N2O/c1-13(2)21-18-10-16(19)9-17(11-18)20-12-14(3)15-7-5-4-6-8-15/h4-11,13-14,20H,12,19H2,1-3H3. The number of nitrogen functional groups attached to an aromatic ring is 1. The fraction of sp³-hybridized carbons (Fsp3) is 0.333. The lowest BCUT2D eigenvalue weighted by molar-refractivity contribution is 0.242. The summed E-state index contributed by atoms with van der Waals surface area (Å²) >= 11 is 0. The van der Waals surface area contributed by atoms with Gasteiger partial charge in [-0.1, -0.05) is 37.3 Å². The van der Waals surface area contributed by atoms with Gasteiger partial charge >= 0.3 is 0 Å². The number of hydrogen-bond donors (Lipinski definition) is 2. The minimum absolute atomic E-state index is 0.142. The Labute approximate surface area is 127 Å². The van der Waals surface area contributed by atoms with E-state index in [4.69, 9.17) is 10.5 Å². The van der Waals surface area contributed by atoms with Crippen molar-refractivity contribution in [3.05, 3.63) is 54.1 Å². The fourth-order valence-corrected chi connectivity index (χ4v) is 2.23. The van der Waals surface area contributed by atoms with Crippen LogP contribution in [0, 0.1) is 0 Å². The lowest BCUT2D eigenvalue weighted by Crippen LogP contribution is -2.11. The van der Waals surface area contributed by atoms with Gasteiger partial charge in [0.1, 0.15) is 5.75 Å². The third-order valence-corrected chi connectivity index (χ3v) is 3.28. The maximum atomic E-state index is 5.93. The van der Waals surface area contributed by atoms with Crippen LogP contribution >= 0.6 is 0 Å². The van der Waals surface area contributed by atoms with Gasteiger partial charge in [-0.25, -0.2) is 0 Å². The van der Waals surface area contributed by atoms with Crippen molar-refractivity contribution in [1.29, 1.82) is 0 Å². The van der Waals surface area contributed by atoms with Gasteiger partial charge in [0.25, 0.3) is 0 Å². The van der Waals surface area contributed by atoms with Crippen molar-refractivity contribution in [1.82, 2.24) is 0 Å². The summed E-state index contributed by atoms with van der Waals surface area (Å²) in [5, 5.41) is 3.44. The van der Waals surface area contributed by atoms with Gasteiger partial charge in [-0.05, 0) is 31.4 Å². The molecule has 0 aromatic heterocycles. The average molecular weight is 284 g/mol. The van der Waals surface area contributed by atoms with Crippen molar-refractivity contribution in [2.45, 2.75) is 32.8 Å². The smallest absolute Gasteiger partial charge is 0.123 e. The van der Waals surface area contributed by atoms with Crippen molar-refractivity contribution < 1.29 is 4.74 Å². The van der Waals surface area contributed by atoms with Gasteiger partial charge in [-0.2, -0.15) is 0 Å². The number of anilines is 2. The number of ether oxygens (including phenoxy) is 1. The van der Waals surface area contributed by atoms with E-state index in [1.165, 1.54) is 5.56 Å². The summed E-state index contributed by atoms with van der Waals surface area (Å²) in [5.41, 5.74) is 8.96. The molecule has 3 heteroatoms. The molecule has 0 heterocycles. The highest BCUT2D eigenvalue weighted by molar-refractivity contribution is 5.59. The van der Waals surface area contributed by atoms with Gasteiger partial charge in [0.05, 0.1) is 6.10 Å². The number of nitrogens with two attached hydrogens (primary N) is 1. The van der Waals surface area contributed by atoms with E-state index in [0.717, 1.165) is 18.0 Å². The molecule has 0 radical (unpaired) electrons. The minimum Gasteiger partial charge on any atom is -0.491 e. The van der Waals surface area contributed by atoms with Crippen LogP contribution in [-0.4, -0.2) is 12.6 Å². The Balaban J connectivity index is 2.01. The summed E-state index contributed by atoms with van der Waals surface area (Å²) in [6.07, 6.45) is 0.142. The van der Waals surface area contributed by atoms with Crippen LogP contribution in [0.15, 0.2) is 48.5 Å². The second-order valence-corrected chi connectivity index (χ2v) is 5.65. The summed E-state index contributed by atoms with van der Waals surface area (Å²) in [7, 11) is 0. The van der Waals surface area contributed by atoms with Gasteiger partial charge in [0.15, 0.2) is 0 Å². The lowest BCUT2D eigenvalue weighted by atomic mass is 10.0. The van der Waals surface area contributed by atoms with Crippen LogP contribution in [-0.2, 0) is 0 Å². The van der Waals surface area contributed by atoms with Crippen molar-refractivity contribution >= 4 is 11.4 Å². The van der Waals surface area contributed by atoms with Gasteiger partial charge in [-0.15, -0.1) is 0 Å². The van der Waals surface area contributed by atoms with E-state index < -0.39 is 0 Å². The molecule has 3 nitrogen and oxygen atoms in total. The summed E-state index contributed by atoms with van der Waals surface area (Å²) < 4.78 is 5.71. The minimum atomic E-state index is 0.142. The highest BCUT2D eigenvalue weighted by Gasteiger charge is 2.06. The normalized spacial score (nSPS) is 12.2. The lowest BCUT2D eigenvalue weighted by Gasteiger charge is -2.16. The molecule has 21 heavy (non-hydrogen) atoms. The van der Waals surface area contributed by atoms with Gasteiger partial charge < -0.3 is 15.8 Å². The quantitative estimate of drug-likeness (QED) is 0.779. The van der Waals surface area contributed by atoms with Crippen molar-refractivity contribution in [2.24, 2.45) is 0 Å². The molecule has 2 rings (SSSR count). The second-order valence-electron chi connectivity index (χ2n) is 5.65. The summed E-state index contributed by atoms with van der Waals surface area (Å²) in [4.78, 5) is 0. The Bertz CT molecular complexity index is 567. The first-order chi connectivity index (χ1) is 10.0. The van der Waals surface area contributed by atoms with E-state index in [1.807, 2.05) is 38.1 Å². The zero-order valence-electron chi connectivity index (χ0n) is 13.0. The van der Waals surface area contributed by atoms with E-state index >= 15 is 0 Å². The van der Waals surface area contributed by atoms with Crippen LogP contribution in [0.2, 0.25) is 0 Å². The number of nitrogens with one attached hydrogen (secondary N) is 1. The van der Waals surface area contributed by atoms with Crippen LogP contribution in [0.25, 0.3) is 0 Å². The van der Waals surface area contributed by atoms with Gasteiger partial charge in [0, 0.05) is 30.1 Å². The van der Waals surface area contributed by atoms with Gasteiger partial charge in [0.2, 0.25) is 0 Å². The molecule has 1 unspecified atom stereocenters. The van der Waals surface area contributed by atoms with Crippen LogP contribution in [0.5, 0.6) is 5.75 Å². The highest BCUT2D eigenvalue weighted by atomic mass is 16.5. The topological polar surface area (TPSA) is 47.3 Å². The summed E-state index contributed by atoms with van der Waals surface area (Å²) in [6.45, 7) is 7.08. The van der Waals surface area contributed by atoms with Crippen molar-refractivity contribution in [3.63, 3.8) is 0 Å². The molecule has 2 aromatic carbocycles. The molecule has 0 spiro atoms. The first-order valence-electron chi connectivity index (χ1n) is 7.40. The Hall–Kier alpha value is -2.16. The largest absolute Gasteiger partial charge is 0.491 e. The maximum Gasteiger partial charge on any atom is 0.123 e. The molecule has 112 valence electrons. The van der Waals surface area contributed by atoms with Crippen molar-refractivity contribution in [3.8, 4) is 5.75 Å². The molecule has 0 bridgehead atoms. The van der Waals surface area contributed by atoms with Gasteiger partial charge in [-0.3, -0.25) is 0 Å². The van der Waals surface area contributed by atoms with Crippen LogP contribution < -0.4 is 15.8 Å². The zero-order valence-corrected chi connectivity index (χ0v) is 13.0. The number of rotatable bonds is 6. The van der Waals surface area contributed by atoms with E-state index in [1.54, 1.807) is 0 Å². The molecular formula is C18H24N2O. The monoisotopic (exact) mass is 284 g/mol. The Morgan fingerprint density at radius 2 is 1.76 bits per heavy atom. The predicted molar refractivity (Wildman–Crippen MR) is 90.0 cm³/mol. The third kappa shape index (κ3) is 4.71. The molecule has 2 aromatic rings. The SMILES string of the molecule is CC(C)Oc1cc(N)cc(NCC(C)c2ccccc2)c1. The van der Waals surface area contributed by atoms with Crippen molar-refractivity contribution in [2.75, 3.05) is 17.6 Å². The van der Waals surface area contributed by atoms with E-state index in [-0.39, 0.29) is 6.10 Å². The molecule has 0 aliphatic rings. The van der Waals surface area contributed by atoms with Crippen LogP contribution in [0.3, 0.4) is 0 Å². The average Bonchev–Trinajstić information content (AvgIpc) is 2.44. The Morgan fingerprint density at radius 1 is 1.05 bits per heavy atom. The molecule has 0 fully saturated rings. The number of hydrogen-bond acceptors (Lipinski definition) is 3. The summed E-state index contributed by atoms with van der Waals surface area (Å²) in [6, 6.07) is 16.3. The van der Waals surface area contributed by atoms with Crippen LogP contribution in [0.4, 0.5) is 11.4 Å². The first kappa shape index (κ1) is 15.2. The molecule has 0 aliphatic heterocycles. The highest BCUT2D eigenvalue weighted by Crippen LogP contribution is 2.24. The molecule has 0 saturated heterocycles. The van der Waals surface area contributed by atoms with E-state index in [9.17, 15) is 0 Å². The third-order valence-electron chi connectivity index (χ3n) is 3.28. The Kier molecular flexibility index (Phi) is 5.09. The molecule has 0 aliphatic carbocycles. The number of benzene rings is 2. The van der Waals surface area contributed by atoms with E-state index in [2.05, 4.69) is 36.5 Å². The molecular weight excluding hydrogens is 260 g/mol. The zero-order chi connectivity index (χ0) is 15.2. The van der Waals surface area contributed by atoms with Crippen LogP contribution in [0.1, 0.15) is 32.3 Å². The molecule has 0 saturated carbocycles. The van der Waals surface area contributed by atoms with E-state index in [0.29, 0.717) is 11.6 Å². The molecule has 3 N–H and O–H groups in total. The molecule has 0 amide bonds. The predicted octanol–water partition coefficient (Wildman–Crippen LogP) is 4.27.